The third kappa shape index (κ3) is 6.04. The Hall–Kier alpha value is -2.30. The van der Waals surface area contributed by atoms with Crippen molar-refractivity contribution in [2.75, 3.05) is 44.3 Å². The number of halogens is 1. The van der Waals surface area contributed by atoms with Crippen LogP contribution in [0.15, 0.2) is 49.6 Å². The highest BCUT2D eigenvalue weighted by molar-refractivity contribution is 9.09. The van der Waals surface area contributed by atoms with E-state index in [0.29, 0.717) is 44.8 Å². The van der Waals surface area contributed by atoms with Crippen molar-refractivity contribution in [3.63, 3.8) is 0 Å². The van der Waals surface area contributed by atoms with Crippen molar-refractivity contribution in [1.82, 2.24) is 9.80 Å². The highest BCUT2D eigenvalue weighted by Gasteiger charge is 2.76. The Morgan fingerprint density at radius 3 is 2.48 bits per heavy atom. The molecule has 10 heteroatoms. The lowest BCUT2D eigenvalue weighted by Crippen LogP contribution is -2.56. The Morgan fingerprint density at radius 2 is 1.86 bits per heavy atom. The van der Waals surface area contributed by atoms with Gasteiger partial charge in [0, 0.05) is 48.6 Å². The number of alkyl halides is 1. The van der Waals surface area contributed by atoms with Gasteiger partial charge >= 0.3 is 0 Å². The van der Waals surface area contributed by atoms with Gasteiger partial charge in [-0.2, -0.15) is 0 Å². The van der Waals surface area contributed by atoms with Gasteiger partial charge in [0.15, 0.2) is 0 Å². The molecule has 6 atom stereocenters. The van der Waals surface area contributed by atoms with Crippen molar-refractivity contribution in [3.8, 4) is 5.75 Å². The summed E-state index contributed by atoms with van der Waals surface area (Å²) in [4.78, 5) is 48.3. The molecule has 2 bridgehead atoms. The lowest BCUT2D eigenvalue weighted by Gasteiger charge is -2.38. The minimum atomic E-state index is -0.731. The zero-order valence-electron chi connectivity index (χ0n) is 24.8. The summed E-state index contributed by atoms with van der Waals surface area (Å²) in [5.41, 5.74) is 0.708. The van der Waals surface area contributed by atoms with Crippen molar-refractivity contribution in [3.05, 3.63) is 49.6 Å². The van der Waals surface area contributed by atoms with Gasteiger partial charge in [0.05, 0.1) is 23.2 Å². The number of aliphatic hydroxyl groups excluding tert-OH is 1. The average molecular weight is 663 g/mol. The standard InChI is InChI=1S/C32H44BrN3O5S/c1-5-9-10-18-34(16-6-2)31(40)28-32-21-24(33)27(42-32)25(26(32)30(39)36(28)19-11-20-37)29(38)35(17-7-3)22-12-14-23(15-13-22)41-8-4/h6-7,12-15,24-28,37H,2-3,5,8-11,16-21H2,1,4H3/t24?,25-,26-,27-,28?,32?/m0/s1. The van der Waals surface area contributed by atoms with E-state index in [1.165, 1.54) is 0 Å². The number of unbranched alkanes of at least 4 members (excludes halogenated alkanes) is 2. The zero-order chi connectivity index (χ0) is 30.4. The number of carbonyl (C=O) groups is 3. The van der Waals surface area contributed by atoms with Crippen molar-refractivity contribution in [2.24, 2.45) is 11.8 Å². The number of fused-ring (bicyclic) bond motifs is 1. The molecular weight excluding hydrogens is 618 g/mol. The smallest absolute Gasteiger partial charge is 0.247 e. The van der Waals surface area contributed by atoms with Crippen LogP contribution in [-0.2, 0) is 14.4 Å². The number of nitrogens with zero attached hydrogens (tertiary/aromatic N) is 3. The summed E-state index contributed by atoms with van der Waals surface area (Å²) in [6.07, 6.45) is 7.33. The van der Waals surface area contributed by atoms with Crippen molar-refractivity contribution in [1.29, 1.82) is 0 Å². The van der Waals surface area contributed by atoms with E-state index in [9.17, 15) is 19.5 Å². The first-order chi connectivity index (χ1) is 20.3. The molecule has 3 unspecified atom stereocenters. The van der Waals surface area contributed by atoms with E-state index < -0.39 is 22.6 Å². The third-order valence-electron chi connectivity index (χ3n) is 8.60. The van der Waals surface area contributed by atoms with Gasteiger partial charge in [0.2, 0.25) is 17.7 Å². The average Bonchev–Trinajstić information content (AvgIpc) is 3.57. The highest BCUT2D eigenvalue weighted by Crippen LogP contribution is 2.68. The van der Waals surface area contributed by atoms with Gasteiger partial charge in [-0.15, -0.1) is 24.9 Å². The predicted octanol–water partition coefficient (Wildman–Crippen LogP) is 4.66. The summed E-state index contributed by atoms with van der Waals surface area (Å²) in [6, 6.07) is 6.69. The van der Waals surface area contributed by atoms with Crippen LogP contribution in [0.1, 0.15) is 46.0 Å². The summed E-state index contributed by atoms with van der Waals surface area (Å²) in [6.45, 7) is 13.8. The fraction of sp³-hybridized carbons (Fsp3) is 0.594. The molecule has 3 aliphatic heterocycles. The second kappa shape index (κ2) is 14.4. The first-order valence-electron chi connectivity index (χ1n) is 15.1. The number of ether oxygens (including phenoxy) is 1. The van der Waals surface area contributed by atoms with Gasteiger partial charge in [0.25, 0.3) is 0 Å². The van der Waals surface area contributed by atoms with E-state index in [-0.39, 0.29) is 41.0 Å². The van der Waals surface area contributed by atoms with E-state index in [2.05, 4.69) is 36.0 Å². The topological polar surface area (TPSA) is 90.4 Å². The molecule has 1 spiro atoms. The Bertz CT molecular complexity index is 1150. The fourth-order valence-corrected chi connectivity index (χ4v) is 10.5. The maximum atomic E-state index is 14.5. The normalized spacial score (nSPS) is 27.6. The van der Waals surface area contributed by atoms with Crippen molar-refractivity contribution in [2.45, 2.75) is 66.8 Å². The molecule has 0 radical (unpaired) electrons. The highest BCUT2D eigenvalue weighted by atomic mass is 79.9. The molecular formula is C32H44BrN3O5S. The minimum Gasteiger partial charge on any atom is -0.494 e. The number of aliphatic hydroxyl groups is 1. The fourth-order valence-electron chi connectivity index (χ4n) is 6.87. The number of rotatable bonds is 16. The number of hydrogen-bond acceptors (Lipinski definition) is 6. The molecule has 4 rings (SSSR count). The molecule has 0 aromatic heterocycles. The summed E-state index contributed by atoms with van der Waals surface area (Å²) >= 11 is 5.49. The van der Waals surface area contributed by atoms with Crippen LogP contribution in [0.3, 0.4) is 0 Å². The number of hydrogen-bond donors (Lipinski definition) is 1. The Balaban J connectivity index is 1.72. The lowest BCUT2D eigenvalue weighted by atomic mass is 9.70. The van der Waals surface area contributed by atoms with Gasteiger partial charge in [-0.1, -0.05) is 47.8 Å². The molecule has 3 aliphatic rings. The quantitative estimate of drug-likeness (QED) is 0.158. The van der Waals surface area contributed by atoms with Crippen LogP contribution in [0.2, 0.25) is 0 Å². The molecule has 1 aromatic carbocycles. The zero-order valence-corrected chi connectivity index (χ0v) is 27.2. The Morgan fingerprint density at radius 1 is 1.14 bits per heavy atom. The van der Waals surface area contributed by atoms with E-state index in [1.807, 2.05) is 36.1 Å². The van der Waals surface area contributed by atoms with Crippen LogP contribution < -0.4 is 9.64 Å². The van der Waals surface area contributed by atoms with E-state index in [0.717, 1.165) is 25.0 Å². The monoisotopic (exact) mass is 661 g/mol. The Kier molecular flexibility index (Phi) is 11.2. The summed E-state index contributed by atoms with van der Waals surface area (Å²) in [5.74, 6) is -0.895. The third-order valence-corrected chi connectivity index (χ3v) is 11.8. The first kappa shape index (κ1) is 32.6. The molecule has 0 aliphatic carbocycles. The first-order valence-corrected chi connectivity index (χ1v) is 16.9. The van der Waals surface area contributed by atoms with E-state index in [1.54, 1.807) is 33.7 Å². The molecule has 0 saturated carbocycles. The number of benzene rings is 1. The van der Waals surface area contributed by atoms with Gasteiger partial charge in [-0.3, -0.25) is 14.4 Å². The second-order valence-corrected chi connectivity index (χ2v) is 13.9. The predicted molar refractivity (Wildman–Crippen MR) is 172 cm³/mol. The molecule has 8 nitrogen and oxygen atoms in total. The van der Waals surface area contributed by atoms with Gasteiger partial charge < -0.3 is 24.5 Å². The van der Waals surface area contributed by atoms with Crippen molar-refractivity contribution >= 4 is 51.1 Å². The number of amides is 3. The van der Waals surface area contributed by atoms with E-state index in [4.69, 9.17) is 4.74 Å². The molecule has 3 saturated heterocycles. The minimum absolute atomic E-state index is 0.0209. The van der Waals surface area contributed by atoms with E-state index >= 15 is 0 Å². The van der Waals surface area contributed by atoms with Crippen LogP contribution in [0, 0.1) is 11.8 Å². The van der Waals surface area contributed by atoms with Gasteiger partial charge in [0.1, 0.15) is 11.8 Å². The lowest BCUT2D eigenvalue weighted by molar-refractivity contribution is -0.142. The van der Waals surface area contributed by atoms with Crippen LogP contribution in [0.25, 0.3) is 0 Å². The van der Waals surface area contributed by atoms with Crippen LogP contribution in [0.4, 0.5) is 5.69 Å². The molecule has 1 N–H and O–H groups in total. The SMILES string of the molecule is C=CCN(CCCCC)C(=O)C1N(CCCO)C(=O)[C@@H]2[C@H](C(=O)N(CC=C)c3ccc(OCC)cc3)[C@H]3SC12CC3Br. The number of carbonyl (C=O) groups excluding carboxylic acids is 3. The van der Waals surface area contributed by atoms with Crippen LogP contribution >= 0.6 is 27.7 Å². The second-order valence-electron chi connectivity index (χ2n) is 11.2. The van der Waals surface area contributed by atoms with Gasteiger partial charge in [-0.05, 0) is 50.5 Å². The maximum absolute atomic E-state index is 14.5. The van der Waals surface area contributed by atoms with Crippen LogP contribution in [-0.4, -0.2) is 92.9 Å². The number of thioether (sulfide) groups is 1. The molecule has 3 heterocycles. The van der Waals surface area contributed by atoms with Crippen molar-refractivity contribution < 1.29 is 24.2 Å². The molecule has 3 fully saturated rings. The maximum Gasteiger partial charge on any atom is 0.247 e. The summed E-state index contributed by atoms with van der Waals surface area (Å²) < 4.78 is 4.86. The summed E-state index contributed by atoms with van der Waals surface area (Å²) in [5, 5.41) is 9.51. The molecule has 3 amide bonds. The summed E-state index contributed by atoms with van der Waals surface area (Å²) in [7, 11) is 0. The largest absolute Gasteiger partial charge is 0.494 e. The van der Waals surface area contributed by atoms with Crippen LogP contribution in [0.5, 0.6) is 5.75 Å². The molecule has 230 valence electrons. The Labute approximate surface area is 262 Å². The molecule has 1 aromatic rings. The number of likely N-dealkylation sites (tertiary alicyclic amines) is 1. The number of anilines is 1. The van der Waals surface area contributed by atoms with Gasteiger partial charge in [-0.25, -0.2) is 0 Å². The molecule has 42 heavy (non-hydrogen) atoms.